The second-order valence-electron chi connectivity index (χ2n) is 6.31. The predicted octanol–water partition coefficient (Wildman–Crippen LogP) is 1.13. The zero-order valence-electron chi connectivity index (χ0n) is 14.5. The smallest absolute Gasteiger partial charge is 0.236 e. The molecule has 1 aliphatic rings. The van der Waals surface area contributed by atoms with Crippen LogP contribution in [0.2, 0.25) is 0 Å². The Hall–Kier alpha value is -1.43. The lowest BCUT2D eigenvalue weighted by Gasteiger charge is -2.30. The molecular weight excluding hydrogens is 290 g/mol. The number of amides is 1. The van der Waals surface area contributed by atoms with E-state index in [9.17, 15) is 4.79 Å². The van der Waals surface area contributed by atoms with Gasteiger partial charge in [-0.3, -0.25) is 4.79 Å². The number of hydrogen-bond donors (Lipinski definition) is 1. The third kappa shape index (κ3) is 5.94. The SMILES string of the molecule is CCc1ccc(CN(C)C(=O)CNCC2CN(C)CCO2)cc1. The van der Waals surface area contributed by atoms with Gasteiger partial charge in [-0.05, 0) is 24.6 Å². The van der Waals surface area contributed by atoms with Crippen molar-refractivity contribution in [2.45, 2.75) is 26.0 Å². The van der Waals surface area contributed by atoms with E-state index in [0.29, 0.717) is 13.1 Å². The summed E-state index contributed by atoms with van der Waals surface area (Å²) in [6.07, 6.45) is 1.21. The van der Waals surface area contributed by atoms with E-state index < -0.39 is 0 Å². The molecule has 0 bridgehead atoms. The largest absolute Gasteiger partial charge is 0.374 e. The summed E-state index contributed by atoms with van der Waals surface area (Å²) in [7, 11) is 3.95. The first-order valence-corrected chi connectivity index (χ1v) is 8.41. The van der Waals surface area contributed by atoms with E-state index in [4.69, 9.17) is 4.74 Å². The number of aryl methyl sites for hydroxylation is 1. The highest BCUT2D eigenvalue weighted by Crippen LogP contribution is 2.07. The van der Waals surface area contributed by atoms with Crippen LogP contribution >= 0.6 is 0 Å². The van der Waals surface area contributed by atoms with Crippen LogP contribution in [-0.4, -0.2) is 68.7 Å². The Balaban J connectivity index is 1.69. The topological polar surface area (TPSA) is 44.8 Å². The molecule has 1 fully saturated rings. The number of benzene rings is 1. The summed E-state index contributed by atoms with van der Waals surface area (Å²) in [5.41, 5.74) is 2.48. The van der Waals surface area contributed by atoms with E-state index in [0.717, 1.165) is 38.2 Å². The summed E-state index contributed by atoms with van der Waals surface area (Å²) in [5.74, 6) is 0.105. The molecule has 1 aromatic carbocycles. The van der Waals surface area contributed by atoms with Crippen LogP contribution < -0.4 is 5.32 Å². The van der Waals surface area contributed by atoms with Gasteiger partial charge in [0.25, 0.3) is 0 Å². The number of rotatable bonds is 7. The Morgan fingerprint density at radius 1 is 1.35 bits per heavy atom. The van der Waals surface area contributed by atoms with Gasteiger partial charge in [0.15, 0.2) is 0 Å². The minimum Gasteiger partial charge on any atom is -0.374 e. The maximum Gasteiger partial charge on any atom is 0.236 e. The second-order valence-corrected chi connectivity index (χ2v) is 6.31. The van der Waals surface area contributed by atoms with Gasteiger partial charge in [-0.15, -0.1) is 0 Å². The first-order valence-electron chi connectivity index (χ1n) is 8.41. The van der Waals surface area contributed by atoms with E-state index in [1.54, 1.807) is 4.90 Å². The van der Waals surface area contributed by atoms with Gasteiger partial charge >= 0.3 is 0 Å². The van der Waals surface area contributed by atoms with E-state index in [1.165, 1.54) is 5.56 Å². The molecule has 5 heteroatoms. The van der Waals surface area contributed by atoms with Crippen LogP contribution in [0.1, 0.15) is 18.1 Å². The van der Waals surface area contributed by atoms with Crippen LogP contribution in [0.3, 0.4) is 0 Å². The molecular formula is C18H29N3O2. The highest BCUT2D eigenvalue weighted by molar-refractivity contribution is 5.77. The summed E-state index contributed by atoms with van der Waals surface area (Å²) in [6.45, 7) is 6.53. The molecule has 1 saturated heterocycles. The fourth-order valence-corrected chi connectivity index (χ4v) is 2.71. The summed E-state index contributed by atoms with van der Waals surface area (Å²) in [6, 6.07) is 8.45. The van der Waals surface area contributed by atoms with E-state index in [2.05, 4.69) is 48.5 Å². The van der Waals surface area contributed by atoms with Crippen molar-refractivity contribution in [1.82, 2.24) is 15.1 Å². The van der Waals surface area contributed by atoms with Crippen LogP contribution in [0.4, 0.5) is 0 Å². The van der Waals surface area contributed by atoms with Crippen molar-refractivity contribution in [2.75, 3.05) is 46.9 Å². The lowest BCUT2D eigenvalue weighted by Crippen LogP contribution is -2.46. The number of ether oxygens (including phenoxy) is 1. The van der Waals surface area contributed by atoms with E-state index in [1.807, 2.05) is 7.05 Å². The van der Waals surface area contributed by atoms with Crippen LogP contribution in [0.15, 0.2) is 24.3 Å². The fourth-order valence-electron chi connectivity index (χ4n) is 2.71. The number of carbonyl (C=O) groups excluding carboxylic acids is 1. The second kappa shape index (κ2) is 9.01. The van der Waals surface area contributed by atoms with Gasteiger partial charge in [-0.1, -0.05) is 31.2 Å². The zero-order chi connectivity index (χ0) is 16.7. The summed E-state index contributed by atoms with van der Waals surface area (Å²) in [5, 5.41) is 3.22. The number of nitrogens with zero attached hydrogens (tertiary/aromatic N) is 2. The van der Waals surface area contributed by atoms with E-state index in [-0.39, 0.29) is 12.0 Å². The molecule has 1 aromatic rings. The molecule has 128 valence electrons. The average molecular weight is 319 g/mol. The maximum atomic E-state index is 12.2. The molecule has 5 nitrogen and oxygen atoms in total. The Morgan fingerprint density at radius 2 is 2.04 bits per heavy atom. The molecule has 0 spiro atoms. The minimum atomic E-state index is 0.105. The van der Waals surface area contributed by atoms with Crippen LogP contribution in [0.5, 0.6) is 0 Å². The standard InChI is InChI=1S/C18H29N3O2/c1-4-15-5-7-16(8-6-15)13-21(3)18(22)12-19-11-17-14-20(2)9-10-23-17/h5-8,17,19H,4,9-14H2,1-3H3. The van der Waals surface area contributed by atoms with Crippen LogP contribution in [0, 0.1) is 0 Å². The lowest BCUT2D eigenvalue weighted by atomic mass is 10.1. The molecule has 23 heavy (non-hydrogen) atoms. The van der Waals surface area contributed by atoms with Gasteiger partial charge in [-0.25, -0.2) is 0 Å². The summed E-state index contributed by atoms with van der Waals surface area (Å²) >= 11 is 0. The number of carbonyl (C=O) groups is 1. The number of nitrogens with one attached hydrogen (secondary N) is 1. The average Bonchev–Trinajstić information content (AvgIpc) is 2.55. The molecule has 2 rings (SSSR count). The van der Waals surface area contributed by atoms with E-state index >= 15 is 0 Å². The molecule has 0 aromatic heterocycles. The number of morpholine rings is 1. The summed E-state index contributed by atoms with van der Waals surface area (Å²) in [4.78, 5) is 16.2. The number of hydrogen-bond acceptors (Lipinski definition) is 4. The monoisotopic (exact) mass is 319 g/mol. The zero-order valence-corrected chi connectivity index (χ0v) is 14.5. The molecule has 1 amide bonds. The highest BCUT2D eigenvalue weighted by Gasteiger charge is 2.18. The van der Waals surface area contributed by atoms with Gasteiger partial charge in [-0.2, -0.15) is 0 Å². The lowest BCUT2D eigenvalue weighted by molar-refractivity contribution is -0.129. The molecule has 1 unspecified atom stereocenters. The summed E-state index contributed by atoms with van der Waals surface area (Å²) < 4.78 is 5.68. The van der Waals surface area contributed by atoms with Crippen molar-refractivity contribution < 1.29 is 9.53 Å². The molecule has 1 heterocycles. The van der Waals surface area contributed by atoms with Gasteiger partial charge < -0.3 is 19.9 Å². The molecule has 0 aliphatic carbocycles. The molecule has 1 N–H and O–H groups in total. The molecule has 0 saturated carbocycles. The van der Waals surface area contributed by atoms with Gasteiger partial charge in [0.1, 0.15) is 0 Å². The van der Waals surface area contributed by atoms with Crippen molar-refractivity contribution in [3.05, 3.63) is 35.4 Å². The highest BCUT2D eigenvalue weighted by atomic mass is 16.5. The Bertz CT molecular complexity index is 490. The first-order chi connectivity index (χ1) is 11.1. The van der Waals surface area contributed by atoms with Crippen LogP contribution in [0.25, 0.3) is 0 Å². The van der Waals surface area contributed by atoms with Crippen LogP contribution in [-0.2, 0) is 22.5 Å². The van der Waals surface area contributed by atoms with Crippen molar-refractivity contribution >= 4 is 5.91 Å². The van der Waals surface area contributed by atoms with Gasteiger partial charge in [0.05, 0.1) is 19.3 Å². The molecule has 1 aliphatic heterocycles. The Labute approximate surface area is 139 Å². The normalized spacial score (nSPS) is 18.8. The van der Waals surface area contributed by atoms with Crippen molar-refractivity contribution in [2.24, 2.45) is 0 Å². The van der Waals surface area contributed by atoms with Crippen molar-refractivity contribution in [1.29, 1.82) is 0 Å². The first kappa shape index (κ1) is 17.9. The quantitative estimate of drug-likeness (QED) is 0.818. The van der Waals surface area contributed by atoms with Crippen molar-refractivity contribution in [3.8, 4) is 0 Å². The number of likely N-dealkylation sites (N-methyl/N-ethyl adjacent to an activating group) is 2. The molecule has 0 radical (unpaired) electrons. The van der Waals surface area contributed by atoms with Crippen molar-refractivity contribution in [3.63, 3.8) is 0 Å². The third-order valence-electron chi connectivity index (χ3n) is 4.27. The Kier molecular flexibility index (Phi) is 7.02. The van der Waals surface area contributed by atoms with Gasteiger partial charge in [0, 0.05) is 33.2 Å². The Morgan fingerprint density at radius 3 is 2.70 bits per heavy atom. The maximum absolute atomic E-state index is 12.2. The molecule has 1 atom stereocenters. The third-order valence-corrected chi connectivity index (χ3v) is 4.27. The van der Waals surface area contributed by atoms with Gasteiger partial charge in [0.2, 0.25) is 5.91 Å². The fraction of sp³-hybridized carbons (Fsp3) is 0.611. The predicted molar refractivity (Wildman–Crippen MR) is 92.4 cm³/mol. The minimum absolute atomic E-state index is 0.105.